The van der Waals surface area contributed by atoms with Gasteiger partial charge in [-0.3, -0.25) is 9.59 Å². The number of pyridine rings is 1. The summed E-state index contributed by atoms with van der Waals surface area (Å²) in [7, 11) is 0. The highest BCUT2D eigenvalue weighted by Gasteiger charge is 2.16. The molecule has 0 aliphatic heterocycles. The molecule has 0 aliphatic rings. The highest BCUT2D eigenvalue weighted by molar-refractivity contribution is 6.30. The zero-order valence-electron chi connectivity index (χ0n) is 13.9. The third-order valence-electron chi connectivity index (χ3n) is 3.53. The smallest absolute Gasteiger partial charge is 0.251 e. The molecule has 9 heteroatoms. The molecule has 2 heterocycles. The number of carbonyl (C=O) groups is 2. The molecule has 3 rings (SSSR count). The van der Waals surface area contributed by atoms with Crippen molar-refractivity contribution in [1.29, 1.82) is 5.26 Å². The Morgan fingerprint density at radius 3 is 2.63 bits per heavy atom. The van der Waals surface area contributed by atoms with E-state index in [0.29, 0.717) is 16.4 Å². The minimum absolute atomic E-state index is 0.179. The number of anilines is 1. The number of hydrogen-bond acceptors (Lipinski definition) is 5. The summed E-state index contributed by atoms with van der Waals surface area (Å²) < 4.78 is 1.34. The van der Waals surface area contributed by atoms with Crippen molar-refractivity contribution in [3.63, 3.8) is 0 Å². The van der Waals surface area contributed by atoms with Crippen LogP contribution >= 0.6 is 11.6 Å². The van der Waals surface area contributed by atoms with Crippen LogP contribution in [0.2, 0.25) is 5.02 Å². The molecule has 0 fully saturated rings. The number of rotatable bonds is 5. The minimum Gasteiger partial charge on any atom is -0.343 e. The summed E-state index contributed by atoms with van der Waals surface area (Å²) >= 11 is 5.78. The zero-order chi connectivity index (χ0) is 19.2. The Bertz CT molecular complexity index is 1010. The average molecular weight is 381 g/mol. The first-order valence-electron chi connectivity index (χ1n) is 7.81. The molecule has 27 heavy (non-hydrogen) atoms. The van der Waals surface area contributed by atoms with Crippen molar-refractivity contribution in [2.24, 2.45) is 0 Å². The largest absolute Gasteiger partial charge is 0.343 e. The summed E-state index contributed by atoms with van der Waals surface area (Å²) in [5, 5.41) is 18.9. The van der Waals surface area contributed by atoms with E-state index >= 15 is 0 Å². The third kappa shape index (κ3) is 4.29. The summed E-state index contributed by atoms with van der Waals surface area (Å²) in [5.74, 6) is -0.298. The normalized spacial score (nSPS) is 10.1. The molecule has 0 spiro atoms. The van der Waals surface area contributed by atoms with Gasteiger partial charge >= 0.3 is 0 Å². The Labute approximate surface area is 159 Å². The highest BCUT2D eigenvalue weighted by Crippen LogP contribution is 2.18. The lowest BCUT2D eigenvalue weighted by Crippen LogP contribution is -2.33. The molecule has 2 N–H and O–H groups in total. The first-order valence-corrected chi connectivity index (χ1v) is 8.19. The highest BCUT2D eigenvalue weighted by atomic mass is 35.5. The van der Waals surface area contributed by atoms with Crippen molar-refractivity contribution in [3.8, 4) is 11.9 Å². The maximum Gasteiger partial charge on any atom is 0.251 e. The molecule has 0 saturated heterocycles. The minimum atomic E-state index is -0.508. The van der Waals surface area contributed by atoms with Crippen LogP contribution in [0.3, 0.4) is 0 Å². The number of amides is 2. The second kappa shape index (κ2) is 8.12. The topological polar surface area (TPSA) is 113 Å². The average Bonchev–Trinajstić information content (AvgIpc) is 3.10. The van der Waals surface area contributed by atoms with Crippen molar-refractivity contribution in [2.75, 3.05) is 11.9 Å². The predicted molar refractivity (Wildman–Crippen MR) is 98.5 cm³/mol. The van der Waals surface area contributed by atoms with Crippen LogP contribution < -0.4 is 10.6 Å². The number of nitriles is 1. The quantitative estimate of drug-likeness (QED) is 0.704. The van der Waals surface area contributed by atoms with Gasteiger partial charge in [0.05, 0.1) is 12.7 Å². The van der Waals surface area contributed by atoms with Crippen molar-refractivity contribution >= 4 is 29.2 Å². The molecule has 3 aromatic rings. The number of hydrogen-bond donors (Lipinski definition) is 2. The van der Waals surface area contributed by atoms with E-state index in [-0.39, 0.29) is 17.9 Å². The molecule has 0 atom stereocenters. The van der Waals surface area contributed by atoms with Crippen molar-refractivity contribution in [2.45, 2.75) is 0 Å². The molecule has 8 nitrogen and oxygen atoms in total. The SMILES string of the molecule is N#Cc1cnn(-c2ccccn2)c1NC(=O)CNC(=O)c1ccc(Cl)cc1. The van der Waals surface area contributed by atoms with Crippen molar-refractivity contribution in [3.05, 3.63) is 71.0 Å². The molecular formula is C18H13ClN6O2. The number of halogens is 1. The Balaban J connectivity index is 1.69. The summed E-state index contributed by atoms with van der Waals surface area (Å²) in [6, 6.07) is 13.4. The van der Waals surface area contributed by atoms with E-state index in [2.05, 4.69) is 20.7 Å². The van der Waals surface area contributed by atoms with Gasteiger partial charge in [-0.05, 0) is 36.4 Å². The Hall–Kier alpha value is -3.70. The van der Waals surface area contributed by atoms with Gasteiger partial charge in [-0.2, -0.15) is 15.0 Å². The van der Waals surface area contributed by atoms with Gasteiger partial charge in [-0.1, -0.05) is 17.7 Å². The summed E-state index contributed by atoms with van der Waals surface area (Å²) in [5.41, 5.74) is 0.557. The number of benzene rings is 1. The van der Waals surface area contributed by atoms with E-state index in [1.165, 1.54) is 10.9 Å². The van der Waals surface area contributed by atoms with Crippen LogP contribution in [0.5, 0.6) is 0 Å². The van der Waals surface area contributed by atoms with Crippen LogP contribution in [0.4, 0.5) is 5.82 Å². The Morgan fingerprint density at radius 2 is 1.96 bits per heavy atom. The van der Waals surface area contributed by atoms with Gasteiger partial charge in [-0.15, -0.1) is 0 Å². The van der Waals surface area contributed by atoms with E-state index in [9.17, 15) is 14.9 Å². The van der Waals surface area contributed by atoms with Crippen LogP contribution in [-0.4, -0.2) is 33.1 Å². The molecule has 134 valence electrons. The molecule has 2 amide bonds. The van der Waals surface area contributed by atoms with Crippen molar-refractivity contribution in [1.82, 2.24) is 20.1 Å². The van der Waals surface area contributed by atoms with Gasteiger partial charge in [0.2, 0.25) is 5.91 Å². The van der Waals surface area contributed by atoms with E-state index < -0.39 is 11.8 Å². The number of nitrogens with one attached hydrogen (secondary N) is 2. The van der Waals surface area contributed by atoms with Crippen LogP contribution in [-0.2, 0) is 4.79 Å². The second-order valence-corrected chi connectivity index (χ2v) is 5.79. The monoisotopic (exact) mass is 380 g/mol. The maximum atomic E-state index is 12.2. The van der Waals surface area contributed by atoms with E-state index in [0.717, 1.165) is 0 Å². The van der Waals surface area contributed by atoms with Crippen LogP contribution in [0.25, 0.3) is 5.82 Å². The van der Waals surface area contributed by atoms with Gasteiger partial charge in [0.15, 0.2) is 11.6 Å². The number of carbonyl (C=O) groups excluding carboxylic acids is 2. The Kier molecular flexibility index (Phi) is 5.44. The van der Waals surface area contributed by atoms with Crippen molar-refractivity contribution < 1.29 is 9.59 Å². The molecule has 0 unspecified atom stereocenters. The second-order valence-electron chi connectivity index (χ2n) is 5.36. The number of aromatic nitrogens is 3. The van der Waals surface area contributed by atoms with Gasteiger partial charge in [0, 0.05) is 16.8 Å². The van der Waals surface area contributed by atoms with Gasteiger partial charge in [0.25, 0.3) is 5.91 Å². The molecule has 1 aromatic carbocycles. The number of nitrogens with zero attached hydrogens (tertiary/aromatic N) is 4. The summed E-state index contributed by atoms with van der Waals surface area (Å²) in [6.07, 6.45) is 2.90. The zero-order valence-corrected chi connectivity index (χ0v) is 14.6. The molecule has 0 bridgehead atoms. The fourth-order valence-electron chi connectivity index (χ4n) is 2.24. The summed E-state index contributed by atoms with van der Waals surface area (Å²) in [6.45, 7) is -0.278. The van der Waals surface area contributed by atoms with Gasteiger partial charge in [-0.25, -0.2) is 4.98 Å². The van der Waals surface area contributed by atoms with Crippen LogP contribution in [0.15, 0.2) is 54.9 Å². The third-order valence-corrected chi connectivity index (χ3v) is 3.78. The molecule has 0 saturated carbocycles. The van der Waals surface area contributed by atoms with E-state index in [1.54, 1.807) is 48.7 Å². The van der Waals surface area contributed by atoms with Crippen LogP contribution in [0.1, 0.15) is 15.9 Å². The molecule has 2 aromatic heterocycles. The Morgan fingerprint density at radius 1 is 1.19 bits per heavy atom. The standard InChI is InChI=1S/C18H13ClN6O2/c19-14-6-4-12(5-7-14)18(27)22-11-16(26)24-17-13(9-20)10-23-25(17)15-3-1-2-8-21-15/h1-8,10H,11H2,(H,22,27)(H,24,26). The fourth-order valence-corrected chi connectivity index (χ4v) is 2.37. The fraction of sp³-hybridized carbons (Fsp3) is 0.0556. The maximum absolute atomic E-state index is 12.2. The lowest BCUT2D eigenvalue weighted by Gasteiger charge is -2.09. The van der Waals surface area contributed by atoms with Gasteiger partial charge in [0.1, 0.15) is 11.6 Å². The first kappa shape index (κ1) is 18.1. The lowest BCUT2D eigenvalue weighted by molar-refractivity contribution is -0.115. The molecular weight excluding hydrogens is 368 g/mol. The predicted octanol–water partition coefficient (Wildman–Crippen LogP) is 2.16. The molecule has 0 radical (unpaired) electrons. The lowest BCUT2D eigenvalue weighted by atomic mass is 10.2. The van der Waals surface area contributed by atoms with Crippen LogP contribution in [0, 0.1) is 11.3 Å². The van der Waals surface area contributed by atoms with Gasteiger partial charge < -0.3 is 10.6 Å². The first-order chi connectivity index (χ1) is 13.1. The molecule has 0 aliphatic carbocycles. The van der Waals surface area contributed by atoms with E-state index in [1.807, 2.05) is 6.07 Å². The summed E-state index contributed by atoms with van der Waals surface area (Å²) in [4.78, 5) is 28.4. The van der Waals surface area contributed by atoms with E-state index in [4.69, 9.17) is 11.6 Å².